The number of Topliss-reactive ketones (excluding diaryl/α,β-unsaturated/α-hetero) is 1. The molecular weight excluding hydrogens is 412 g/mol. The van der Waals surface area contributed by atoms with Crippen LogP contribution in [0, 0.1) is 11.8 Å². The SMILES string of the molecule is CC[Si](CC)(CC)CC1=C[C@H](CO[Si](CC)(CC)CC)[C@H](C(=O)c2ccccc2)CC1. The molecule has 0 spiro atoms. The molecule has 0 saturated carbocycles. The molecule has 2 atom stereocenters. The van der Waals surface area contributed by atoms with E-state index in [1.807, 2.05) is 30.3 Å². The fourth-order valence-electron chi connectivity index (χ4n) is 5.45. The lowest BCUT2D eigenvalue weighted by molar-refractivity contribution is 0.0839. The van der Waals surface area contributed by atoms with E-state index in [0.717, 1.165) is 43.1 Å². The fraction of sp³-hybridized carbons (Fsp3) is 0.667. The lowest BCUT2D eigenvalue weighted by Crippen LogP contribution is -2.40. The maximum Gasteiger partial charge on any atom is 0.192 e. The smallest absolute Gasteiger partial charge is 0.192 e. The Morgan fingerprint density at radius 2 is 1.48 bits per heavy atom. The summed E-state index contributed by atoms with van der Waals surface area (Å²) in [7, 11) is -2.88. The highest BCUT2D eigenvalue weighted by atomic mass is 28.4. The molecule has 0 amide bonds. The zero-order valence-electron chi connectivity index (χ0n) is 21.0. The monoisotopic (exact) mass is 458 g/mol. The molecule has 0 aromatic heterocycles. The minimum Gasteiger partial charge on any atom is -0.416 e. The van der Waals surface area contributed by atoms with Crippen molar-refractivity contribution in [2.45, 2.75) is 96.7 Å². The highest BCUT2D eigenvalue weighted by Crippen LogP contribution is 2.38. The molecule has 0 radical (unpaired) electrons. The van der Waals surface area contributed by atoms with Crippen LogP contribution in [0.25, 0.3) is 0 Å². The normalized spacial score (nSPS) is 19.9. The van der Waals surface area contributed by atoms with Crippen LogP contribution >= 0.6 is 0 Å². The summed E-state index contributed by atoms with van der Waals surface area (Å²) in [5, 5.41) is 0. The number of carbonyl (C=O) groups is 1. The van der Waals surface area contributed by atoms with Gasteiger partial charge in [-0.3, -0.25) is 4.79 Å². The molecule has 4 heteroatoms. The summed E-state index contributed by atoms with van der Waals surface area (Å²) in [6.45, 7) is 14.8. The van der Waals surface area contributed by atoms with Gasteiger partial charge in [0.1, 0.15) is 0 Å². The van der Waals surface area contributed by atoms with Crippen molar-refractivity contribution in [2.24, 2.45) is 11.8 Å². The molecule has 31 heavy (non-hydrogen) atoms. The van der Waals surface area contributed by atoms with Crippen LogP contribution < -0.4 is 0 Å². The Labute approximate surface area is 194 Å². The van der Waals surface area contributed by atoms with Gasteiger partial charge in [-0.2, -0.15) is 0 Å². The van der Waals surface area contributed by atoms with Crippen molar-refractivity contribution in [2.75, 3.05) is 6.61 Å². The summed E-state index contributed by atoms with van der Waals surface area (Å²) >= 11 is 0. The van der Waals surface area contributed by atoms with Gasteiger partial charge in [0.25, 0.3) is 0 Å². The molecule has 1 aromatic carbocycles. The minimum atomic E-state index is -1.67. The average Bonchev–Trinajstić information content (AvgIpc) is 2.84. The molecule has 0 bridgehead atoms. The van der Waals surface area contributed by atoms with Gasteiger partial charge in [-0.05, 0) is 37.0 Å². The van der Waals surface area contributed by atoms with Gasteiger partial charge in [0.05, 0.1) is 8.07 Å². The molecule has 0 N–H and O–H groups in total. The van der Waals surface area contributed by atoms with E-state index in [2.05, 4.69) is 47.6 Å². The van der Waals surface area contributed by atoms with E-state index in [0.29, 0.717) is 5.78 Å². The molecule has 0 fully saturated rings. The van der Waals surface area contributed by atoms with Crippen LogP contribution in [0.2, 0.25) is 42.3 Å². The molecule has 2 nitrogen and oxygen atoms in total. The topological polar surface area (TPSA) is 26.3 Å². The lowest BCUT2D eigenvalue weighted by Gasteiger charge is -2.36. The number of hydrogen-bond donors (Lipinski definition) is 0. The zero-order valence-corrected chi connectivity index (χ0v) is 23.0. The average molecular weight is 459 g/mol. The van der Waals surface area contributed by atoms with Crippen LogP contribution in [0.3, 0.4) is 0 Å². The zero-order chi connectivity index (χ0) is 22.9. The third kappa shape index (κ3) is 6.52. The molecular formula is C27H46O2Si2. The van der Waals surface area contributed by atoms with Crippen LogP contribution in [0.1, 0.15) is 64.7 Å². The van der Waals surface area contributed by atoms with Gasteiger partial charge >= 0.3 is 0 Å². The molecule has 0 saturated heterocycles. The Kier molecular flexibility index (Phi) is 10.4. The number of benzene rings is 1. The van der Waals surface area contributed by atoms with E-state index in [9.17, 15) is 4.79 Å². The Morgan fingerprint density at radius 1 is 0.903 bits per heavy atom. The quantitative estimate of drug-likeness (QED) is 0.169. The molecule has 0 unspecified atom stereocenters. The Morgan fingerprint density at radius 3 is 2.00 bits per heavy atom. The number of ketones is 1. The maximum absolute atomic E-state index is 13.4. The predicted octanol–water partition coefficient (Wildman–Crippen LogP) is 8.35. The molecule has 1 aromatic rings. The van der Waals surface area contributed by atoms with E-state index >= 15 is 0 Å². The van der Waals surface area contributed by atoms with Gasteiger partial charge in [0.2, 0.25) is 0 Å². The molecule has 0 heterocycles. The van der Waals surface area contributed by atoms with E-state index in [1.165, 1.54) is 24.2 Å². The first-order chi connectivity index (χ1) is 14.9. The number of carbonyl (C=O) groups excluding carboxylic acids is 1. The van der Waals surface area contributed by atoms with Gasteiger partial charge in [-0.15, -0.1) is 0 Å². The van der Waals surface area contributed by atoms with Crippen LogP contribution in [-0.4, -0.2) is 28.8 Å². The van der Waals surface area contributed by atoms with Gasteiger partial charge in [-0.25, -0.2) is 0 Å². The first kappa shape index (κ1) is 26.3. The van der Waals surface area contributed by atoms with Crippen molar-refractivity contribution < 1.29 is 9.22 Å². The third-order valence-corrected chi connectivity index (χ3v) is 18.9. The Hall–Kier alpha value is -0.976. The molecule has 1 aliphatic rings. The number of hydrogen-bond acceptors (Lipinski definition) is 2. The second-order valence-corrected chi connectivity index (χ2v) is 19.9. The van der Waals surface area contributed by atoms with Crippen LogP contribution in [0.4, 0.5) is 0 Å². The van der Waals surface area contributed by atoms with Crippen LogP contribution in [0.5, 0.6) is 0 Å². The first-order valence-electron chi connectivity index (χ1n) is 12.8. The fourth-order valence-corrected chi connectivity index (χ4v) is 11.6. The molecule has 1 aliphatic carbocycles. The van der Waals surface area contributed by atoms with Gasteiger partial charge in [-0.1, -0.05) is 102 Å². The minimum absolute atomic E-state index is 0.0596. The van der Waals surface area contributed by atoms with E-state index < -0.39 is 16.4 Å². The first-order valence-corrected chi connectivity index (χ1v) is 18.2. The second-order valence-electron chi connectivity index (χ2n) is 9.66. The highest BCUT2D eigenvalue weighted by molar-refractivity contribution is 6.80. The van der Waals surface area contributed by atoms with Crippen molar-refractivity contribution in [1.82, 2.24) is 0 Å². The Bertz CT molecular complexity index is 689. The van der Waals surface area contributed by atoms with Crippen LogP contribution in [-0.2, 0) is 4.43 Å². The van der Waals surface area contributed by atoms with Crippen molar-refractivity contribution in [1.29, 1.82) is 0 Å². The summed E-state index contributed by atoms with van der Waals surface area (Å²) < 4.78 is 6.74. The van der Waals surface area contributed by atoms with Crippen molar-refractivity contribution in [3.63, 3.8) is 0 Å². The van der Waals surface area contributed by atoms with Crippen molar-refractivity contribution >= 4 is 22.2 Å². The molecule has 2 rings (SSSR count). The lowest BCUT2D eigenvalue weighted by atomic mass is 9.77. The summed E-state index contributed by atoms with van der Waals surface area (Å²) in [6.07, 6.45) is 4.57. The number of allylic oxidation sites excluding steroid dienone is 1. The Balaban J connectivity index is 2.29. The standard InChI is InChI=1S/C27H46O2Si2/c1-7-30(8-2,9-3)22-23-18-19-26(27(28)24-16-14-13-15-17-24)25(20-23)21-29-31(10-4,11-5)12-6/h13-17,20,25-26H,7-12,18-19,21-22H2,1-6H3/t25-,26-/m1/s1. The van der Waals surface area contributed by atoms with E-state index in [4.69, 9.17) is 4.43 Å². The van der Waals surface area contributed by atoms with Crippen molar-refractivity contribution in [3.8, 4) is 0 Å². The number of rotatable bonds is 13. The summed E-state index contributed by atoms with van der Waals surface area (Å²) in [6, 6.07) is 18.8. The molecule has 174 valence electrons. The van der Waals surface area contributed by atoms with Crippen LogP contribution in [0.15, 0.2) is 42.0 Å². The van der Waals surface area contributed by atoms with Gasteiger partial charge in [0, 0.05) is 24.0 Å². The third-order valence-electron chi connectivity index (χ3n) is 8.51. The van der Waals surface area contributed by atoms with Gasteiger partial charge in [0.15, 0.2) is 14.1 Å². The maximum atomic E-state index is 13.4. The van der Waals surface area contributed by atoms with E-state index in [1.54, 1.807) is 5.57 Å². The molecule has 0 aliphatic heterocycles. The van der Waals surface area contributed by atoms with Gasteiger partial charge < -0.3 is 4.43 Å². The second kappa shape index (κ2) is 12.3. The summed E-state index contributed by atoms with van der Waals surface area (Å²) in [4.78, 5) is 13.4. The van der Waals surface area contributed by atoms with Crippen molar-refractivity contribution in [3.05, 3.63) is 47.5 Å². The predicted molar refractivity (Wildman–Crippen MR) is 140 cm³/mol. The largest absolute Gasteiger partial charge is 0.416 e. The van der Waals surface area contributed by atoms with E-state index in [-0.39, 0.29) is 11.8 Å². The summed E-state index contributed by atoms with van der Waals surface area (Å²) in [5.41, 5.74) is 2.48. The summed E-state index contributed by atoms with van der Waals surface area (Å²) in [5.74, 6) is 0.598. The highest BCUT2D eigenvalue weighted by Gasteiger charge is 2.36.